The van der Waals surface area contributed by atoms with Crippen LogP contribution in [0.3, 0.4) is 0 Å². The third-order valence-electron chi connectivity index (χ3n) is 5.66. The van der Waals surface area contributed by atoms with E-state index in [9.17, 15) is 14.7 Å². The average Bonchev–Trinajstić information content (AvgIpc) is 3.57. The third kappa shape index (κ3) is 3.61. The molecule has 0 bridgehead atoms. The summed E-state index contributed by atoms with van der Waals surface area (Å²) in [5, 5.41) is 13.1. The monoisotopic (exact) mass is 476 g/mol. The van der Waals surface area contributed by atoms with E-state index in [1.165, 1.54) is 33.1 Å². The molecule has 0 spiro atoms. The van der Waals surface area contributed by atoms with Crippen LogP contribution in [0.25, 0.3) is 10.2 Å². The number of thiophene rings is 1. The Hall–Kier alpha value is -3.49. The highest BCUT2D eigenvalue weighted by atomic mass is 32.1. The van der Waals surface area contributed by atoms with Gasteiger partial charge >= 0.3 is 0 Å². The highest BCUT2D eigenvalue weighted by Gasteiger charge is 2.46. The van der Waals surface area contributed by atoms with Crippen molar-refractivity contribution in [2.75, 3.05) is 12.0 Å². The summed E-state index contributed by atoms with van der Waals surface area (Å²) in [6.07, 6.45) is 0.889. The van der Waals surface area contributed by atoms with Gasteiger partial charge in [-0.3, -0.25) is 14.5 Å². The maximum atomic E-state index is 13.4. The van der Waals surface area contributed by atoms with E-state index in [2.05, 4.69) is 18.0 Å². The number of carbonyl (C=O) groups excluding carboxylic acids is 2. The van der Waals surface area contributed by atoms with Crippen molar-refractivity contribution >= 4 is 49.7 Å². The highest BCUT2D eigenvalue weighted by Crippen LogP contribution is 2.45. The number of aryl methyl sites for hydroxylation is 1. The van der Waals surface area contributed by atoms with Gasteiger partial charge in [-0.2, -0.15) is 0 Å². The van der Waals surface area contributed by atoms with E-state index in [0.717, 1.165) is 16.6 Å². The van der Waals surface area contributed by atoms with Crippen LogP contribution in [-0.2, 0) is 11.2 Å². The topological polar surface area (TPSA) is 79.7 Å². The predicted octanol–water partition coefficient (Wildman–Crippen LogP) is 5.71. The van der Waals surface area contributed by atoms with Gasteiger partial charge in [0.2, 0.25) is 5.78 Å². The molecular weight excluding hydrogens is 456 g/mol. The van der Waals surface area contributed by atoms with Crippen molar-refractivity contribution in [3.8, 4) is 5.75 Å². The molecule has 1 unspecified atom stereocenters. The van der Waals surface area contributed by atoms with Gasteiger partial charge in [-0.1, -0.05) is 42.5 Å². The smallest absolute Gasteiger partial charge is 0.296 e. The first kappa shape index (κ1) is 21.4. The van der Waals surface area contributed by atoms with Gasteiger partial charge in [-0.05, 0) is 53.3 Å². The van der Waals surface area contributed by atoms with Gasteiger partial charge < -0.3 is 9.84 Å². The quantitative estimate of drug-likeness (QED) is 0.361. The molecule has 1 aliphatic heterocycles. The molecular formula is C25H20N2O4S2. The van der Waals surface area contributed by atoms with Gasteiger partial charge in [0.25, 0.3) is 5.91 Å². The van der Waals surface area contributed by atoms with Crippen LogP contribution < -0.4 is 9.64 Å². The molecule has 33 heavy (non-hydrogen) atoms. The molecule has 1 amide bonds. The number of fused-ring (bicyclic) bond motifs is 1. The van der Waals surface area contributed by atoms with Crippen LogP contribution in [0.1, 0.15) is 33.8 Å². The van der Waals surface area contributed by atoms with Crippen molar-refractivity contribution in [2.45, 2.75) is 19.4 Å². The summed E-state index contributed by atoms with van der Waals surface area (Å²) >= 11 is 2.63. The lowest BCUT2D eigenvalue weighted by Crippen LogP contribution is -2.30. The molecule has 0 saturated heterocycles. The number of nitrogens with zero attached hydrogens (tertiary/aromatic N) is 2. The first-order chi connectivity index (χ1) is 16.0. The second kappa shape index (κ2) is 8.46. The minimum Gasteiger partial charge on any atom is -0.503 e. The number of aliphatic hydroxyl groups excluding tert-OH is 1. The SMILES string of the molecule is CCc1ccc2nc(N3C(=O)C(O)=C(C(=O)c4cccs4)C3c3cccc(OC)c3)sc2c1. The number of hydrogen-bond acceptors (Lipinski definition) is 7. The Balaban J connectivity index is 1.68. The van der Waals surface area contributed by atoms with E-state index in [4.69, 9.17) is 4.74 Å². The van der Waals surface area contributed by atoms with Gasteiger partial charge in [0.05, 0.1) is 33.8 Å². The Morgan fingerprint density at radius 1 is 1.18 bits per heavy atom. The number of ether oxygens (including phenoxy) is 1. The van der Waals surface area contributed by atoms with Gasteiger partial charge in [-0.25, -0.2) is 4.98 Å². The van der Waals surface area contributed by atoms with Crippen LogP contribution in [0.2, 0.25) is 0 Å². The molecule has 4 aromatic rings. The summed E-state index contributed by atoms with van der Waals surface area (Å²) in [4.78, 5) is 33.3. The van der Waals surface area contributed by atoms with E-state index < -0.39 is 17.7 Å². The third-order valence-corrected chi connectivity index (χ3v) is 7.55. The second-order valence-electron chi connectivity index (χ2n) is 7.58. The van der Waals surface area contributed by atoms with E-state index in [-0.39, 0.29) is 11.4 Å². The Bertz CT molecular complexity index is 1410. The summed E-state index contributed by atoms with van der Waals surface area (Å²) in [5.74, 6) is -0.973. The number of benzene rings is 2. The maximum Gasteiger partial charge on any atom is 0.296 e. The molecule has 1 atom stereocenters. The second-order valence-corrected chi connectivity index (χ2v) is 9.53. The molecule has 0 fully saturated rings. The van der Waals surface area contributed by atoms with Gasteiger partial charge in [0.1, 0.15) is 5.75 Å². The number of hydrogen-bond donors (Lipinski definition) is 1. The standard InChI is InChI=1S/C25H20N2O4S2/c1-3-14-9-10-17-19(12-14)33-25(26-17)27-21(15-6-4-7-16(13-15)31-2)20(23(29)24(27)30)22(28)18-8-5-11-32-18/h4-13,21,29H,3H2,1-2H3. The minimum atomic E-state index is -0.826. The summed E-state index contributed by atoms with van der Waals surface area (Å²) in [5.41, 5.74) is 2.63. The summed E-state index contributed by atoms with van der Waals surface area (Å²) in [6, 6.07) is 15.8. The van der Waals surface area contributed by atoms with Crippen LogP contribution in [-0.4, -0.2) is 28.9 Å². The average molecular weight is 477 g/mol. The van der Waals surface area contributed by atoms with Gasteiger partial charge in [-0.15, -0.1) is 11.3 Å². The number of rotatable bonds is 6. The van der Waals surface area contributed by atoms with Crippen LogP contribution >= 0.6 is 22.7 Å². The van der Waals surface area contributed by atoms with Crippen molar-refractivity contribution < 1.29 is 19.4 Å². The summed E-state index contributed by atoms with van der Waals surface area (Å²) in [7, 11) is 1.56. The highest BCUT2D eigenvalue weighted by molar-refractivity contribution is 7.22. The number of carbonyl (C=O) groups is 2. The van der Waals surface area contributed by atoms with Gasteiger partial charge in [0, 0.05) is 0 Å². The molecule has 2 aromatic heterocycles. The van der Waals surface area contributed by atoms with Crippen LogP contribution in [0, 0.1) is 0 Å². The number of ketones is 1. The fourth-order valence-corrected chi connectivity index (χ4v) is 5.72. The normalized spacial score (nSPS) is 16.1. The zero-order chi connectivity index (χ0) is 23.1. The van der Waals surface area contributed by atoms with Crippen molar-refractivity contribution in [1.29, 1.82) is 0 Å². The molecule has 2 aromatic carbocycles. The molecule has 1 aliphatic rings. The maximum absolute atomic E-state index is 13.4. The molecule has 0 aliphatic carbocycles. The van der Waals surface area contributed by atoms with Crippen molar-refractivity contribution in [1.82, 2.24) is 4.98 Å². The van der Waals surface area contributed by atoms with Crippen LogP contribution in [0.5, 0.6) is 5.75 Å². The Morgan fingerprint density at radius 2 is 2.03 bits per heavy atom. The lowest BCUT2D eigenvalue weighted by atomic mass is 9.95. The molecule has 5 rings (SSSR count). The number of aliphatic hydroxyl groups is 1. The van der Waals surface area contributed by atoms with Gasteiger partial charge in [0.15, 0.2) is 10.9 Å². The molecule has 3 heterocycles. The first-order valence-electron chi connectivity index (χ1n) is 10.4. The molecule has 8 heteroatoms. The zero-order valence-corrected chi connectivity index (χ0v) is 19.6. The summed E-state index contributed by atoms with van der Waals surface area (Å²) in [6.45, 7) is 2.08. The summed E-state index contributed by atoms with van der Waals surface area (Å²) < 4.78 is 6.32. The van der Waals surface area contributed by atoms with E-state index >= 15 is 0 Å². The number of anilines is 1. The lowest BCUT2D eigenvalue weighted by molar-refractivity contribution is -0.117. The Morgan fingerprint density at radius 3 is 2.76 bits per heavy atom. The van der Waals surface area contributed by atoms with E-state index in [1.54, 1.807) is 42.8 Å². The molecule has 1 N–H and O–H groups in total. The van der Waals surface area contributed by atoms with Crippen LogP contribution in [0.4, 0.5) is 5.13 Å². The molecule has 166 valence electrons. The largest absolute Gasteiger partial charge is 0.503 e. The van der Waals surface area contributed by atoms with Crippen molar-refractivity contribution in [3.05, 3.63) is 87.3 Å². The number of amides is 1. The lowest BCUT2D eigenvalue weighted by Gasteiger charge is -2.24. The Labute approximate surface area is 198 Å². The molecule has 0 radical (unpaired) electrons. The number of Topliss-reactive ketones (excluding diaryl/α,β-unsaturated/α-hetero) is 1. The molecule has 0 saturated carbocycles. The fraction of sp³-hybridized carbons (Fsp3) is 0.160. The Kier molecular flexibility index (Phi) is 5.47. The minimum absolute atomic E-state index is 0.0456. The number of thiazole rings is 1. The molecule has 6 nitrogen and oxygen atoms in total. The number of methoxy groups -OCH3 is 1. The van der Waals surface area contributed by atoms with Crippen LogP contribution in [0.15, 0.2) is 71.3 Å². The van der Waals surface area contributed by atoms with E-state index in [0.29, 0.717) is 21.3 Å². The zero-order valence-electron chi connectivity index (χ0n) is 17.9. The predicted molar refractivity (Wildman–Crippen MR) is 131 cm³/mol. The van der Waals surface area contributed by atoms with Crippen molar-refractivity contribution in [2.24, 2.45) is 0 Å². The van der Waals surface area contributed by atoms with Crippen molar-refractivity contribution in [3.63, 3.8) is 0 Å². The number of aromatic nitrogens is 1. The first-order valence-corrected chi connectivity index (χ1v) is 12.1. The fourth-order valence-electron chi connectivity index (χ4n) is 3.98. The van der Waals surface area contributed by atoms with E-state index in [1.807, 2.05) is 18.2 Å².